The van der Waals surface area contributed by atoms with Crippen LogP contribution in [0.1, 0.15) is 28.4 Å². The highest BCUT2D eigenvalue weighted by Crippen LogP contribution is 2.45. The summed E-state index contributed by atoms with van der Waals surface area (Å²) in [4.78, 5) is 28.5. The van der Waals surface area contributed by atoms with Crippen LogP contribution in [-0.2, 0) is 14.3 Å². The Labute approximate surface area is 311 Å². The number of hydrogen-bond donors (Lipinski definition) is 5. The zero-order chi connectivity index (χ0) is 38.9. The maximum absolute atomic E-state index is 14.3. The lowest BCUT2D eigenvalue weighted by atomic mass is 9.84. The molecule has 0 radical (unpaired) electrons. The minimum Gasteiger partial charge on any atom is -0.508 e. The van der Waals surface area contributed by atoms with Gasteiger partial charge in [0.25, 0.3) is 0 Å². The monoisotopic (exact) mass is 734 g/mol. The molecular formula is C42H38O12. The van der Waals surface area contributed by atoms with E-state index in [0.29, 0.717) is 22.3 Å². The van der Waals surface area contributed by atoms with Gasteiger partial charge in [-0.2, -0.15) is 0 Å². The Bertz CT molecular complexity index is 2210. The van der Waals surface area contributed by atoms with Gasteiger partial charge < -0.3 is 49.2 Å². The van der Waals surface area contributed by atoms with Crippen LogP contribution in [0.3, 0.4) is 0 Å². The summed E-state index contributed by atoms with van der Waals surface area (Å²) in [5.41, 5.74) is 1.99. The molecule has 0 bridgehead atoms. The number of methoxy groups -OCH3 is 4. The van der Waals surface area contributed by atoms with Crippen LogP contribution in [-0.4, -0.2) is 65.5 Å². The van der Waals surface area contributed by atoms with Gasteiger partial charge in [-0.05, 0) is 89.0 Å². The average Bonchev–Trinajstić information content (AvgIpc) is 3.56. The van der Waals surface area contributed by atoms with E-state index in [1.165, 1.54) is 107 Å². The third-order valence-corrected chi connectivity index (χ3v) is 8.44. The lowest BCUT2D eigenvalue weighted by molar-refractivity contribution is -0.121. The normalized spacial score (nSPS) is 15.9. The van der Waals surface area contributed by atoms with Crippen molar-refractivity contribution >= 4 is 29.8 Å². The Kier molecular flexibility index (Phi) is 12.0. The van der Waals surface area contributed by atoms with Gasteiger partial charge in [-0.15, -0.1) is 0 Å². The van der Waals surface area contributed by atoms with Gasteiger partial charge in [0.1, 0.15) is 17.6 Å². The minimum atomic E-state index is -1.32. The first-order valence-corrected chi connectivity index (χ1v) is 16.4. The van der Waals surface area contributed by atoms with Crippen LogP contribution in [0.25, 0.3) is 18.2 Å². The van der Waals surface area contributed by atoms with Crippen molar-refractivity contribution in [3.8, 4) is 46.0 Å². The summed E-state index contributed by atoms with van der Waals surface area (Å²) in [6.45, 7) is 0. The molecule has 0 fully saturated rings. The van der Waals surface area contributed by atoms with Crippen LogP contribution >= 0.6 is 0 Å². The molecule has 0 saturated heterocycles. The van der Waals surface area contributed by atoms with Gasteiger partial charge in [0, 0.05) is 6.08 Å². The number of carbonyl (C=O) groups is 2. The summed E-state index contributed by atoms with van der Waals surface area (Å²) in [6.07, 6.45) is 8.50. The molecule has 1 aliphatic rings. The third-order valence-electron chi connectivity index (χ3n) is 8.44. The van der Waals surface area contributed by atoms with Crippen molar-refractivity contribution in [2.24, 2.45) is 5.92 Å². The fraction of sp³-hybridized carbons (Fsp3) is 0.143. The highest BCUT2D eigenvalue weighted by atomic mass is 16.5. The van der Waals surface area contributed by atoms with Crippen LogP contribution in [0.4, 0.5) is 0 Å². The molecule has 54 heavy (non-hydrogen) atoms. The molecular weight excluding hydrogens is 696 g/mol. The molecule has 0 aromatic heterocycles. The number of rotatable bonds is 14. The second kappa shape index (κ2) is 17.0. The Morgan fingerprint density at radius 1 is 0.593 bits per heavy atom. The molecule has 1 aliphatic heterocycles. The minimum absolute atomic E-state index is 0.0370. The highest BCUT2D eigenvalue weighted by molar-refractivity contribution is 6.13. The van der Waals surface area contributed by atoms with Gasteiger partial charge in [0.05, 0.1) is 39.9 Å². The van der Waals surface area contributed by atoms with Crippen molar-refractivity contribution < 1.29 is 58.8 Å². The van der Waals surface area contributed by atoms with E-state index < -0.39 is 29.3 Å². The van der Waals surface area contributed by atoms with Crippen LogP contribution < -0.4 is 18.9 Å². The molecule has 12 heteroatoms. The Balaban J connectivity index is 1.62. The number of hydrogen-bond acceptors (Lipinski definition) is 12. The van der Waals surface area contributed by atoms with Crippen molar-refractivity contribution in [1.29, 1.82) is 0 Å². The Morgan fingerprint density at radius 2 is 1.04 bits per heavy atom. The summed E-state index contributed by atoms with van der Waals surface area (Å²) in [7, 11) is 5.57. The molecule has 12 nitrogen and oxygen atoms in total. The molecule has 0 amide bonds. The number of aliphatic hydroxyl groups is 1. The lowest BCUT2D eigenvalue weighted by Gasteiger charge is -2.20. The third kappa shape index (κ3) is 8.68. The van der Waals surface area contributed by atoms with E-state index in [-0.39, 0.29) is 57.3 Å². The van der Waals surface area contributed by atoms with Gasteiger partial charge in [0.15, 0.2) is 57.6 Å². The number of benzene rings is 4. The SMILES string of the molecule is COc1cc(C=CC(=O)C2=C(C=Cc3ccc(O)c(OC)c3)O[C@@H](c3ccc(O)c(OC)c3)[C@@H]2C(=O)C=C(O)C=Cc2ccc(O)c(OC)c2)ccc1O. The fourth-order valence-electron chi connectivity index (χ4n) is 5.69. The summed E-state index contributed by atoms with van der Waals surface area (Å²) >= 11 is 0. The molecule has 5 N–H and O–H groups in total. The lowest BCUT2D eigenvalue weighted by Crippen LogP contribution is -2.23. The van der Waals surface area contributed by atoms with E-state index in [1.54, 1.807) is 30.3 Å². The molecule has 278 valence electrons. The van der Waals surface area contributed by atoms with E-state index in [0.717, 1.165) is 6.08 Å². The second-order valence-corrected chi connectivity index (χ2v) is 11.9. The van der Waals surface area contributed by atoms with Crippen molar-refractivity contribution in [3.05, 3.63) is 136 Å². The second-order valence-electron chi connectivity index (χ2n) is 11.9. The number of phenols is 4. The molecule has 0 spiro atoms. The summed E-state index contributed by atoms with van der Waals surface area (Å²) < 4.78 is 27.3. The van der Waals surface area contributed by atoms with Crippen molar-refractivity contribution in [1.82, 2.24) is 0 Å². The number of ketones is 2. The summed E-state index contributed by atoms with van der Waals surface area (Å²) in [5.74, 6) is -2.68. The largest absolute Gasteiger partial charge is 0.508 e. The number of aromatic hydroxyl groups is 4. The van der Waals surface area contributed by atoms with Gasteiger partial charge in [0.2, 0.25) is 0 Å². The van der Waals surface area contributed by atoms with Gasteiger partial charge >= 0.3 is 0 Å². The number of ether oxygens (including phenoxy) is 5. The van der Waals surface area contributed by atoms with Crippen LogP contribution in [0.2, 0.25) is 0 Å². The quantitative estimate of drug-likeness (QED) is 0.0500. The molecule has 4 aromatic rings. The molecule has 4 aromatic carbocycles. The average molecular weight is 735 g/mol. The molecule has 1 heterocycles. The maximum atomic E-state index is 14.3. The zero-order valence-corrected chi connectivity index (χ0v) is 29.7. The van der Waals surface area contributed by atoms with E-state index in [1.807, 2.05) is 0 Å². The predicted octanol–water partition coefficient (Wildman–Crippen LogP) is 7.21. The maximum Gasteiger partial charge on any atom is 0.186 e. The first-order chi connectivity index (χ1) is 26.0. The standard InChI is InChI=1S/C42H38O12/c1-50-36-19-24(6-13-29(36)44)5-12-28(43)23-34(49)41-40(33(48)16-9-25-7-14-30(45)37(20-25)51-2)35(18-10-26-8-15-31(46)38(21-26)52-3)54-42(41)27-11-17-32(47)39(22-27)53-4/h5-23,41-47H,1-4H3/t41-,42+/m1/s1. The Hall–Kier alpha value is -7.08. The van der Waals surface area contributed by atoms with Gasteiger partial charge in [-0.25, -0.2) is 0 Å². The molecule has 0 saturated carbocycles. The van der Waals surface area contributed by atoms with Crippen LogP contribution in [0.15, 0.2) is 114 Å². The summed E-state index contributed by atoms with van der Waals surface area (Å²) in [6, 6.07) is 18.1. The predicted molar refractivity (Wildman–Crippen MR) is 201 cm³/mol. The van der Waals surface area contributed by atoms with Crippen LogP contribution in [0.5, 0.6) is 46.0 Å². The summed E-state index contributed by atoms with van der Waals surface area (Å²) in [5, 5.41) is 51.3. The fourth-order valence-corrected chi connectivity index (χ4v) is 5.69. The number of allylic oxidation sites excluding steroid dienone is 4. The number of aliphatic hydroxyl groups excluding tert-OH is 1. The highest BCUT2D eigenvalue weighted by Gasteiger charge is 2.43. The molecule has 5 rings (SSSR count). The molecule has 0 aliphatic carbocycles. The zero-order valence-electron chi connectivity index (χ0n) is 29.7. The van der Waals surface area contributed by atoms with Crippen molar-refractivity contribution in [3.63, 3.8) is 0 Å². The first-order valence-electron chi connectivity index (χ1n) is 16.4. The smallest absolute Gasteiger partial charge is 0.186 e. The van der Waals surface area contributed by atoms with Gasteiger partial charge in [-0.3, -0.25) is 9.59 Å². The van der Waals surface area contributed by atoms with E-state index in [2.05, 4.69) is 0 Å². The van der Waals surface area contributed by atoms with Crippen LogP contribution in [0, 0.1) is 5.92 Å². The first kappa shape index (κ1) is 38.2. The van der Waals surface area contributed by atoms with Crippen molar-refractivity contribution in [2.45, 2.75) is 6.10 Å². The Morgan fingerprint density at radius 3 is 1.54 bits per heavy atom. The van der Waals surface area contributed by atoms with E-state index >= 15 is 0 Å². The topological polar surface area (TPSA) is 181 Å². The number of phenolic OH excluding ortho intramolecular Hbond substituents is 4. The van der Waals surface area contributed by atoms with E-state index in [4.69, 9.17) is 23.7 Å². The van der Waals surface area contributed by atoms with Crippen molar-refractivity contribution in [2.75, 3.05) is 28.4 Å². The molecule has 0 unspecified atom stereocenters. The van der Waals surface area contributed by atoms with Gasteiger partial charge in [-0.1, -0.05) is 42.5 Å². The molecule has 2 atom stereocenters. The number of carbonyl (C=O) groups excluding carboxylic acids is 2. The van der Waals surface area contributed by atoms with E-state index in [9.17, 15) is 35.1 Å².